The smallest absolute Gasteiger partial charge is 0.227 e. The summed E-state index contributed by atoms with van der Waals surface area (Å²) in [4.78, 5) is 29.0. The zero-order valence-electron chi connectivity index (χ0n) is 17.6. The van der Waals surface area contributed by atoms with Gasteiger partial charge in [0, 0.05) is 36.5 Å². The van der Waals surface area contributed by atoms with Crippen LogP contribution < -0.4 is 10.6 Å². The summed E-state index contributed by atoms with van der Waals surface area (Å²) < 4.78 is 0. The van der Waals surface area contributed by atoms with Gasteiger partial charge in [-0.1, -0.05) is 32.9 Å². The van der Waals surface area contributed by atoms with Gasteiger partial charge in [0.05, 0.1) is 0 Å². The summed E-state index contributed by atoms with van der Waals surface area (Å²) in [5, 5.41) is 6.04. The molecule has 0 spiro atoms. The highest BCUT2D eigenvalue weighted by Crippen LogP contribution is 2.30. The number of anilines is 1. The molecule has 3 rings (SSSR count). The molecular formula is C24H31N3O2. The maximum absolute atomic E-state index is 12.6. The Kier molecular flexibility index (Phi) is 6.68. The van der Waals surface area contributed by atoms with Crippen molar-refractivity contribution in [1.82, 2.24) is 10.3 Å². The van der Waals surface area contributed by atoms with E-state index in [9.17, 15) is 9.59 Å². The lowest BCUT2D eigenvalue weighted by Gasteiger charge is -2.27. The third kappa shape index (κ3) is 5.89. The molecule has 5 heteroatoms. The van der Waals surface area contributed by atoms with Crippen molar-refractivity contribution in [1.29, 1.82) is 0 Å². The van der Waals surface area contributed by atoms with Crippen LogP contribution in [0.15, 0.2) is 48.8 Å². The van der Waals surface area contributed by atoms with Gasteiger partial charge >= 0.3 is 0 Å². The molecule has 1 aliphatic rings. The van der Waals surface area contributed by atoms with Crippen LogP contribution in [0.5, 0.6) is 0 Å². The van der Waals surface area contributed by atoms with E-state index in [1.165, 1.54) is 5.56 Å². The molecule has 2 N–H and O–H groups in total. The van der Waals surface area contributed by atoms with E-state index in [0.29, 0.717) is 6.54 Å². The number of nitrogens with zero attached hydrogens (tertiary/aromatic N) is 1. The summed E-state index contributed by atoms with van der Waals surface area (Å²) in [5.41, 5.74) is 3.21. The van der Waals surface area contributed by atoms with E-state index in [0.717, 1.165) is 36.9 Å². The van der Waals surface area contributed by atoms with Crippen molar-refractivity contribution in [3.63, 3.8) is 0 Å². The van der Waals surface area contributed by atoms with E-state index in [1.54, 1.807) is 12.4 Å². The molecule has 0 bridgehead atoms. The Bertz CT molecular complexity index is 817. The first kappa shape index (κ1) is 21.0. The minimum atomic E-state index is -0.0264. The molecule has 0 unspecified atom stereocenters. The van der Waals surface area contributed by atoms with Crippen LogP contribution in [0.3, 0.4) is 0 Å². The number of hydrogen-bond acceptors (Lipinski definition) is 3. The van der Waals surface area contributed by atoms with E-state index in [4.69, 9.17) is 0 Å². The van der Waals surface area contributed by atoms with Gasteiger partial charge in [-0.2, -0.15) is 0 Å². The second-order valence-corrected chi connectivity index (χ2v) is 8.94. The molecule has 1 saturated carbocycles. The molecule has 0 saturated heterocycles. The third-order valence-corrected chi connectivity index (χ3v) is 5.70. The van der Waals surface area contributed by atoms with Crippen molar-refractivity contribution in [2.75, 3.05) is 5.32 Å². The summed E-state index contributed by atoms with van der Waals surface area (Å²) in [7, 11) is 0. The van der Waals surface area contributed by atoms with Crippen LogP contribution in [0.2, 0.25) is 0 Å². The van der Waals surface area contributed by atoms with E-state index in [2.05, 4.69) is 48.5 Å². The summed E-state index contributed by atoms with van der Waals surface area (Å²) in [6.07, 6.45) is 6.45. The van der Waals surface area contributed by atoms with Gasteiger partial charge in [0.1, 0.15) is 0 Å². The van der Waals surface area contributed by atoms with E-state index in [-0.39, 0.29) is 29.1 Å². The lowest BCUT2D eigenvalue weighted by atomic mass is 9.81. The predicted molar refractivity (Wildman–Crippen MR) is 115 cm³/mol. The zero-order valence-corrected chi connectivity index (χ0v) is 17.6. The molecule has 1 aliphatic carbocycles. The van der Waals surface area contributed by atoms with Gasteiger partial charge in [0.25, 0.3) is 0 Å². The molecule has 29 heavy (non-hydrogen) atoms. The lowest BCUT2D eigenvalue weighted by Crippen LogP contribution is -2.35. The first-order chi connectivity index (χ1) is 13.8. The minimum absolute atomic E-state index is 0.00745. The van der Waals surface area contributed by atoms with Gasteiger partial charge in [-0.15, -0.1) is 0 Å². The number of hydrogen-bond donors (Lipinski definition) is 2. The number of rotatable bonds is 5. The normalized spacial score (nSPS) is 19.4. The molecular weight excluding hydrogens is 362 g/mol. The zero-order chi connectivity index (χ0) is 20.9. The number of pyridine rings is 1. The van der Waals surface area contributed by atoms with Crippen LogP contribution >= 0.6 is 0 Å². The number of carbonyl (C=O) groups is 2. The van der Waals surface area contributed by atoms with Gasteiger partial charge in [-0.25, -0.2) is 0 Å². The average Bonchev–Trinajstić information content (AvgIpc) is 2.72. The van der Waals surface area contributed by atoms with Crippen molar-refractivity contribution < 1.29 is 9.59 Å². The molecule has 0 radical (unpaired) electrons. The van der Waals surface area contributed by atoms with E-state index >= 15 is 0 Å². The molecule has 1 aromatic heterocycles. The second-order valence-electron chi connectivity index (χ2n) is 8.94. The topological polar surface area (TPSA) is 71.1 Å². The van der Waals surface area contributed by atoms with E-state index < -0.39 is 0 Å². The van der Waals surface area contributed by atoms with Gasteiger partial charge in [-0.3, -0.25) is 14.6 Å². The van der Waals surface area contributed by atoms with Crippen LogP contribution in [-0.2, 0) is 21.5 Å². The van der Waals surface area contributed by atoms with Crippen molar-refractivity contribution in [3.05, 3.63) is 59.9 Å². The third-order valence-electron chi connectivity index (χ3n) is 5.70. The van der Waals surface area contributed by atoms with Crippen molar-refractivity contribution in [2.45, 2.75) is 58.4 Å². The molecule has 1 fully saturated rings. The SMILES string of the molecule is CC(C)(C)c1ccc(NC(=O)C2CCC(C(=O)NCc3ccncc3)CC2)cc1. The van der Waals surface area contributed by atoms with Crippen molar-refractivity contribution >= 4 is 17.5 Å². The number of carbonyl (C=O) groups excluding carboxylic acids is 2. The van der Waals surface area contributed by atoms with Crippen LogP contribution in [0.4, 0.5) is 5.69 Å². The summed E-state index contributed by atoms with van der Waals surface area (Å²) in [5.74, 6) is 0.107. The molecule has 1 aromatic carbocycles. The molecule has 154 valence electrons. The minimum Gasteiger partial charge on any atom is -0.352 e. The molecule has 0 atom stereocenters. The van der Waals surface area contributed by atoms with E-state index in [1.807, 2.05) is 24.3 Å². The first-order valence-electron chi connectivity index (χ1n) is 10.4. The highest BCUT2D eigenvalue weighted by atomic mass is 16.2. The van der Waals surface area contributed by atoms with Crippen LogP contribution in [0, 0.1) is 11.8 Å². The highest BCUT2D eigenvalue weighted by Gasteiger charge is 2.30. The number of benzene rings is 1. The number of amides is 2. The molecule has 1 heterocycles. The van der Waals surface area contributed by atoms with Crippen molar-refractivity contribution in [3.8, 4) is 0 Å². The van der Waals surface area contributed by atoms with Crippen LogP contribution in [-0.4, -0.2) is 16.8 Å². The first-order valence-corrected chi connectivity index (χ1v) is 10.4. The Morgan fingerprint density at radius 1 is 0.897 bits per heavy atom. The standard InChI is InChI=1S/C24H31N3O2/c1-24(2,3)20-8-10-21(11-9-20)27-23(29)19-6-4-18(5-7-19)22(28)26-16-17-12-14-25-15-13-17/h8-15,18-19H,4-7,16H2,1-3H3,(H,26,28)(H,27,29). The Balaban J connectivity index is 1.45. The van der Waals surface area contributed by atoms with Crippen LogP contribution in [0.1, 0.15) is 57.6 Å². The molecule has 5 nitrogen and oxygen atoms in total. The summed E-state index contributed by atoms with van der Waals surface area (Å²) in [6.45, 7) is 7.04. The van der Waals surface area contributed by atoms with Gasteiger partial charge in [0.15, 0.2) is 0 Å². The Morgan fingerprint density at radius 2 is 1.45 bits per heavy atom. The highest BCUT2D eigenvalue weighted by molar-refractivity contribution is 5.92. The molecule has 2 amide bonds. The number of aromatic nitrogens is 1. The fourth-order valence-corrected chi connectivity index (χ4v) is 3.75. The monoisotopic (exact) mass is 393 g/mol. The molecule has 0 aliphatic heterocycles. The Morgan fingerprint density at radius 3 is 2.00 bits per heavy atom. The Hall–Kier alpha value is -2.69. The van der Waals surface area contributed by atoms with Gasteiger partial charge in [-0.05, 0) is 66.5 Å². The average molecular weight is 394 g/mol. The van der Waals surface area contributed by atoms with Gasteiger partial charge < -0.3 is 10.6 Å². The fraction of sp³-hybridized carbons (Fsp3) is 0.458. The van der Waals surface area contributed by atoms with Crippen LogP contribution in [0.25, 0.3) is 0 Å². The maximum Gasteiger partial charge on any atom is 0.227 e. The quantitative estimate of drug-likeness (QED) is 0.789. The van der Waals surface area contributed by atoms with Crippen molar-refractivity contribution in [2.24, 2.45) is 11.8 Å². The predicted octanol–water partition coefficient (Wildman–Crippen LogP) is 4.44. The Labute approximate surface area is 173 Å². The summed E-state index contributed by atoms with van der Waals surface area (Å²) >= 11 is 0. The fourth-order valence-electron chi connectivity index (χ4n) is 3.75. The maximum atomic E-state index is 12.6. The summed E-state index contributed by atoms with van der Waals surface area (Å²) in [6, 6.07) is 11.9. The molecule has 2 aromatic rings. The second kappa shape index (κ2) is 9.21. The number of nitrogens with one attached hydrogen (secondary N) is 2. The van der Waals surface area contributed by atoms with Gasteiger partial charge in [0.2, 0.25) is 11.8 Å². The largest absolute Gasteiger partial charge is 0.352 e. The lowest BCUT2D eigenvalue weighted by molar-refractivity contribution is -0.128.